The molecule has 29 heavy (non-hydrogen) atoms. The van der Waals surface area contributed by atoms with Crippen LogP contribution in [0.5, 0.6) is 0 Å². The Morgan fingerprint density at radius 1 is 1.03 bits per heavy atom. The van der Waals surface area contributed by atoms with E-state index in [0.29, 0.717) is 5.56 Å². The number of nitrogens with one attached hydrogen (secondary N) is 1. The first-order valence-corrected chi connectivity index (χ1v) is 10.2. The smallest absolute Gasteiger partial charge is 0.311 e. The number of nitro groups is 1. The monoisotopic (exact) mass is 419 g/mol. The van der Waals surface area contributed by atoms with E-state index in [4.69, 9.17) is 0 Å². The lowest BCUT2D eigenvalue weighted by Crippen LogP contribution is -2.15. The van der Waals surface area contributed by atoms with Crippen LogP contribution in [0.25, 0.3) is 0 Å². The summed E-state index contributed by atoms with van der Waals surface area (Å²) in [6.45, 7) is 0. The molecule has 0 aliphatic heterocycles. The second-order valence-corrected chi connectivity index (χ2v) is 8.24. The highest BCUT2D eigenvalue weighted by Gasteiger charge is 2.23. The average molecular weight is 419 g/mol. The standard InChI is InChI=1S/C19H15F2N3O4S/c1-29(27,28)14-5-2-4-12(10-14)18(13-7-8-15(20)16(21)11-13)23-19-17(24(25)26)6-3-9-22-19/h2-11,18H,1H3,(H,22,23). The van der Waals surface area contributed by atoms with Gasteiger partial charge in [0.25, 0.3) is 0 Å². The summed E-state index contributed by atoms with van der Waals surface area (Å²) in [5.74, 6) is -2.26. The van der Waals surface area contributed by atoms with Crippen LogP contribution in [-0.2, 0) is 9.84 Å². The summed E-state index contributed by atoms with van der Waals surface area (Å²) in [7, 11) is -3.54. The van der Waals surface area contributed by atoms with E-state index in [1.54, 1.807) is 6.07 Å². The third-order valence-electron chi connectivity index (χ3n) is 4.16. The number of sulfone groups is 1. The van der Waals surface area contributed by atoms with Gasteiger partial charge in [-0.3, -0.25) is 10.1 Å². The zero-order chi connectivity index (χ0) is 21.2. The van der Waals surface area contributed by atoms with Gasteiger partial charge >= 0.3 is 5.69 Å². The molecule has 0 radical (unpaired) electrons. The maximum absolute atomic E-state index is 13.8. The number of nitrogens with zero attached hydrogens (tertiary/aromatic N) is 2. The first kappa shape index (κ1) is 20.3. The van der Waals surface area contributed by atoms with Crippen LogP contribution in [-0.4, -0.2) is 24.6 Å². The van der Waals surface area contributed by atoms with E-state index in [0.717, 1.165) is 18.4 Å². The maximum atomic E-state index is 13.8. The van der Waals surface area contributed by atoms with Crippen LogP contribution in [0, 0.1) is 21.7 Å². The SMILES string of the molecule is CS(=O)(=O)c1cccc(C(Nc2ncccc2[N+](=O)[O-])c2ccc(F)c(F)c2)c1. The summed E-state index contributed by atoms with van der Waals surface area (Å²) in [6.07, 6.45) is 2.38. The van der Waals surface area contributed by atoms with Crippen LogP contribution in [0.4, 0.5) is 20.3 Å². The number of benzene rings is 2. The van der Waals surface area contributed by atoms with Crippen molar-refractivity contribution in [3.05, 3.63) is 93.7 Å². The Kier molecular flexibility index (Phi) is 5.55. The number of hydrogen-bond acceptors (Lipinski definition) is 6. The minimum absolute atomic E-state index is 0.0138. The molecule has 1 unspecified atom stereocenters. The molecule has 1 atom stereocenters. The molecular weight excluding hydrogens is 404 g/mol. The molecule has 0 aliphatic carbocycles. The molecule has 1 aromatic heterocycles. The lowest BCUT2D eigenvalue weighted by molar-refractivity contribution is -0.384. The highest BCUT2D eigenvalue weighted by atomic mass is 32.2. The molecule has 3 aromatic rings. The van der Waals surface area contributed by atoms with Gasteiger partial charge in [-0.25, -0.2) is 22.2 Å². The molecule has 0 saturated heterocycles. The van der Waals surface area contributed by atoms with Crippen molar-refractivity contribution in [2.24, 2.45) is 0 Å². The quantitative estimate of drug-likeness (QED) is 0.481. The fourth-order valence-corrected chi connectivity index (χ4v) is 3.44. The third-order valence-corrected chi connectivity index (χ3v) is 5.27. The van der Waals surface area contributed by atoms with Gasteiger partial charge in [-0.15, -0.1) is 0 Å². The Balaban J connectivity index is 2.15. The van der Waals surface area contributed by atoms with E-state index in [2.05, 4.69) is 10.3 Å². The highest BCUT2D eigenvalue weighted by molar-refractivity contribution is 7.90. The van der Waals surface area contributed by atoms with Crippen molar-refractivity contribution < 1.29 is 22.1 Å². The van der Waals surface area contributed by atoms with E-state index >= 15 is 0 Å². The van der Waals surface area contributed by atoms with Gasteiger partial charge in [0.15, 0.2) is 21.5 Å². The van der Waals surface area contributed by atoms with E-state index in [9.17, 15) is 27.3 Å². The van der Waals surface area contributed by atoms with Crippen LogP contribution in [0.1, 0.15) is 17.2 Å². The fourth-order valence-electron chi connectivity index (χ4n) is 2.77. The largest absolute Gasteiger partial charge is 0.353 e. The number of hydrogen-bond donors (Lipinski definition) is 1. The van der Waals surface area contributed by atoms with E-state index in [1.165, 1.54) is 42.6 Å². The van der Waals surface area contributed by atoms with Gasteiger partial charge in [0.05, 0.1) is 15.9 Å². The number of pyridine rings is 1. The van der Waals surface area contributed by atoms with Crippen molar-refractivity contribution in [2.75, 3.05) is 11.6 Å². The molecule has 10 heteroatoms. The Hall–Kier alpha value is -3.40. The maximum Gasteiger partial charge on any atom is 0.311 e. The second-order valence-electron chi connectivity index (χ2n) is 6.22. The molecular formula is C19H15F2N3O4S. The summed E-state index contributed by atoms with van der Waals surface area (Å²) in [6, 6.07) is 10.7. The minimum atomic E-state index is -3.54. The predicted molar refractivity (Wildman–Crippen MR) is 102 cm³/mol. The molecule has 7 nitrogen and oxygen atoms in total. The number of rotatable bonds is 6. The number of aromatic nitrogens is 1. The normalized spacial score (nSPS) is 12.4. The van der Waals surface area contributed by atoms with E-state index in [-0.39, 0.29) is 22.0 Å². The summed E-state index contributed by atoms with van der Waals surface area (Å²) < 4.78 is 51.1. The lowest BCUT2D eigenvalue weighted by atomic mass is 9.98. The van der Waals surface area contributed by atoms with E-state index < -0.39 is 32.4 Å². The first-order chi connectivity index (χ1) is 13.7. The zero-order valence-corrected chi connectivity index (χ0v) is 15.9. The molecule has 0 bridgehead atoms. The highest BCUT2D eigenvalue weighted by Crippen LogP contribution is 2.31. The second kappa shape index (κ2) is 7.92. The van der Waals surface area contributed by atoms with Gasteiger partial charge in [0, 0.05) is 18.5 Å². The molecule has 0 aliphatic rings. The topological polar surface area (TPSA) is 102 Å². The van der Waals surface area contributed by atoms with Crippen LogP contribution in [0.15, 0.2) is 65.7 Å². The van der Waals surface area contributed by atoms with Gasteiger partial charge in [-0.2, -0.15) is 0 Å². The van der Waals surface area contributed by atoms with Crippen molar-refractivity contribution in [3.63, 3.8) is 0 Å². The summed E-state index contributed by atoms with van der Waals surface area (Å²) in [5, 5.41) is 14.1. The van der Waals surface area contributed by atoms with Gasteiger partial charge in [-0.05, 0) is 41.5 Å². The van der Waals surface area contributed by atoms with Crippen LogP contribution < -0.4 is 5.32 Å². The number of anilines is 1. The number of halogens is 2. The van der Waals surface area contributed by atoms with Gasteiger partial charge in [-0.1, -0.05) is 18.2 Å². The summed E-state index contributed by atoms with van der Waals surface area (Å²) >= 11 is 0. The van der Waals surface area contributed by atoms with Gasteiger partial charge < -0.3 is 5.32 Å². The molecule has 0 fully saturated rings. The van der Waals surface area contributed by atoms with Crippen molar-refractivity contribution >= 4 is 21.3 Å². The molecule has 3 rings (SSSR count). The average Bonchev–Trinajstić information content (AvgIpc) is 2.68. The molecule has 0 saturated carbocycles. The Labute approximate surface area is 165 Å². The van der Waals surface area contributed by atoms with Gasteiger partial charge in [0.2, 0.25) is 5.82 Å². The van der Waals surface area contributed by atoms with Crippen LogP contribution >= 0.6 is 0 Å². The van der Waals surface area contributed by atoms with Gasteiger partial charge in [0.1, 0.15) is 0 Å². The molecule has 150 valence electrons. The third kappa shape index (κ3) is 4.54. The Bertz CT molecular complexity index is 1190. The molecule has 0 amide bonds. The van der Waals surface area contributed by atoms with Crippen molar-refractivity contribution in [2.45, 2.75) is 10.9 Å². The molecule has 1 heterocycles. The summed E-state index contributed by atoms with van der Waals surface area (Å²) in [5.41, 5.74) is 0.285. The zero-order valence-electron chi connectivity index (χ0n) is 15.0. The minimum Gasteiger partial charge on any atom is -0.353 e. The predicted octanol–water partition coefficient (Wildman–Crippen LogP) is 3.87. The van der Waals surface area contributed by atoms with Crippen LogP contribution in [0.2, 0.25) is 0 Å². The van der Waals surface area contributed by atoms with Crippen molar-refractivity contribution in [1.29, 1.82) is 0 Å². The molecule has 1 N–H and O–H groups in total. The molecule has 0 spiro atoms. The first-order valence-electron chi connectivity index (χ1n) is 8.27. The fraction of sp³-hybridized carbons (Fsp3) is 0.105. The van der Waals surface area contributed by atoms with Crippen molar-refractivity contribution in [3.8, 4) is 0 Å². The Morgan fingerprint density at radius 2 is 1.76 bits per heavy atom. The lowest BCUT2D eigenvalue weighted by Gasteiger charge is -2.21. The Morgan fingerprint density at radius 3 is 2.41 bits per heavy atom. The van der Waals surface area contributed by atoms with Crippen molar-refractivity contribution in [1.82, 2.24) is 4.98 Å². The van der Waals surface area contributed by atoms with Crippen LogP contribution in [0.3, 0.4) is 0 Å². The van der Waals surface area contributed by atoms with E-state index in [1.807, 2.05) is 0 Å². The molecule has 2 aromatic carbocycles. The summed E-state index contributed by atoms with van der Waals surface area (Å²) in [4.78, 5) is 14.6.